The minimum Gasteiger partial charge on any atom is -0.490 e. The Labute approximate surface area is 175 Å². The van der Waals surface area contributed by atoms with Crippen LogP contribution in [0.25, 0.3) is 0 Å². The number of esters is 1. The Bertz CT molecular complexity index is 692. The van der Waals surface area contributed by atoms with Crippen molar-refractivity contribution in [2.75, 3.05) is 19.8 Å². The lowest BCUT2D eigenvalue weighted by Gasteiger charge is -2.09. The molecule has 0 aliphatic heterocycles. The second-order valence-corrected chi connectivity index (χ2v) is 7.12. The molecule has 158 valence electrons. The maximum atomic E-state index is 12.1. The van der Waals surface area contributed by atoms with Crippen LogP contribution in [0.15, 0.2) is 48.5 Å². The van der Waals surface area contributed by atoms with Crippen molar-refractivity contribution in [3.8, 4) is 11.5 Å². The Morgan fingerprint density at radius 2 is 1.24 bits per heavy atom. The lowest BCUT2D eigenvalue weighted by Crippen LogP contribution is -2.09. The Balaban J connectivity index is 1.61. The number of rotatable bonds is 14. The Kier molecular flexibility index (Phi) is 10.7. The van der Waals surface area contributed by atoms with Crippen LogP contribution in [0.3, 0.4) is 0 Å². The van der Waals surface area contributed by atoms with Crippen molar-refractivity contribution in [3.05, 3.63) is 59.7 Å². The highest BCUT2D eigenvalue weighted by Crippen LogP contribution is 2.15. The van der Waals surface area contributed by atoms with Gasteiger partial charge in [0.25, 0.3) is 0 Å². The van der Waals surface area contributed by atoms with E-state index in [9.17, 15) is 4.79 Å². The molecule has 0 fully saturated rings. The van der Waals surface area contributed by atoms with Crippen molar-refractivity contribution >= 4 is 5.97 Å². The summed E-state index contributed by atoms with van der Waals surface area (Å²) in [6, 6.07) is 15.1. The van der Waals surface area contributed by atoms with Crippen LogP contribution in [0.4, 0.5) is 0 Å². The summed E-state index contributed by atoms with van der Waals surface area (Å²) in [5.74, 6) is 1.28. The van der Waals surface area contributed by atoms with Crippen molar-refractivity contribution in [3.63, 3.8) is 0 Å². The summed E-state index contributed by atoms with van der Waals surface area (Å²) in [6.07, 6.45) is 8.07. The van der Waals surface area contributed by atoms with Gasteiger partial charge in [-0.25, -0.2) is 4.79 Å². The van der Waals surface area contributed by atoms with E-state index in [1.54, 1.807) is 24.3 Å². The van der Waals surface area contributed by atoms with Crippen LogP contribution in [0.2, 0.25) is 0 Å². The van der Waals surface area contributed by atoms with Gasteiger partial charge in [-0.3, -0.25) is 0 Å². The summed E-state index contributed by atoms with van der Waals surface area (Å²) in [5, 5.41) is 0. The molecule has 0 heterocycles. The zero-order chi connectivity index (χ0) is 20.7. The van der Waals surface area contributed by atoms with E-state index in [2.05, 4.69) is 26.0 Å². The third kappa shape index (κ3) is 9.03. The van der Waals surface area contributed by atoms with Crippen LogP contribution in [-0.2, 0) is 11.2 Å². The molecule has 0 saturated heterocycles. The van der Waals surface area contributed by atoms with Crippen LogP contribution in [-0.4, -0.2) is 25.8 Å². The zero-order valence-corrected chi connectivity index (χ0v) is 17.8. The van der Waals surface area contributed by atoms with Gasteiger partial charge in [0.15, 0.2) is 0 Å². The zero-order valence-electron chi connectivity index (χ0n) is 17.8. The molecule has 0 aliphatic carbocycles. The van der Waals surface area contributed by atoms with E-state index in [1.165, 1.54) is 31.2 Å². The number of carbonyl (C=O) groups is 1. The number of unbranched alkanes of at least 4 members (excludes halogenated alkanes) is 5. The average molecular weight is 399 g/mol. The molecule has 0 saturated carbocycles. The van der Waals surface area contributed by atoms with Crippen molar-refractivity contribution in [2.45, 2.75) is 58.8 Å². The van der Waals surface area contributed by atoms with E-state index >= 15 is 0 Å². The van der Waals surface area contributed by atoms with Gasteiger partial charge in [-0.15, -0.1) is 0 Å². The highest BCUT2D eigenvalue weighted by atomic mass is 16.5. The highest BCUT2D eigenvalue weighted by Gasteiger charge is 2.07. The maximum absolute atomic E-state index is 12.1. The fourth-order valence-corrected chi connectivity index (χ4v) is 2.96. The van der Waals surface area contributed by atoms with Gasteiger partial charge in [-0.1, -0.05) is 58.1 Å². The molecule has 0 aromatic heterocycles. The number of benzene rings is 2. The average Bonchev–Trinajstić information content (AvgIpc) is 2.77. The molecule has 2 aromatic carbocycles. The second-order valence-electron chi connectivity index (χ2n) is 7.12. The van der Waals surface area contributed by atoms with Crippen molar-refractivity contribution < 1.29 is 19.0 Å². The lowest BCUT2D eigenvalue weighted by atomic mass is 10.1. The van der Waals surface area contributed by atoms with Crippen LogP contribution >= 0.6 is 0 Å². The van der Waals surface area contributed by atoms with Gasteiger partial charge in [0, 0.05) is 0 Å². The third-order valence-corrected chi connectivity index (χ3v) is 4.77. The smallest absolute Gasteiger partial charge is 0.338 e. The summed E-state index contributed by atoms with van der Waals surface area (Å²) in [7, 11) is 0. The summed E-state index contributed by atoms with van der Waals surface area (Å²) < 4.78 is 16.7. The molecule has 4 nitrogen and oxygen atoms in total. The molecule has 2 rings (SSSR count). The van der Waals surface area contributed by atoms with Gasteiger partial charge in [-0.2, -0.15) is 0 Å². The first-order valence-corrected chi connectivity index (χ1v) is 10.8. The molecule has 0 bridgehead atoms. The minimum absolute atomic E-state index is 0.274. The number of hydrogen-bond acceptors (Lipinski definition) is 4. The van der Waals surface area contributed by atoms with Crippen molar-refractivity contribution in [1.82, 2.24) is 0 Å². The summed E-state index contributed by atoms with van der Waals surface area (Å²) in [6.45, 7) is 5.73. The van der Waals surface area contributed by atoms with Gasteiger partial charge in [0.05, 0.1) is 12.2 Å². The van der Waals surface area contributed by atoms with E-state index in [4.69, 9.17) is 14.2 Å². The number of carbonyl (C=O) groups excluding carboxylic acids is 1. The first-order chi connectivity index (χ1) is 14.2. The van der Waals surface area contributed by atoms with Crippen LogP contribution in [0, 0.1) is 0 Å². The molecular weight excluding hydrogens is 364 g/mol. The first kappa shape index (κ1) is 22.8. The lowest BCUT2D eigenvalue weighted by molar-refractivity contribution is 0.0497. The van der Waals surface area contributed by atoms with Gasteiger partial charge < -0.3 is 14.2 Å². The SMILES string of the molecule is CCCCCCCCOC(=O)c1ccc(OCCOc2ccc(CC)cc2)cc1. The number of aryl methyl sites for hydroxylation is 1. The maximum Gasteiger partial charge on any atom is 0.338 e. The second kappa shape index (κ2) is 13.6. The summed E-state index contributed by atoms with van der Waals surface area (Å²) in [5.41, 5.74) is 1.84. The molecule has 2 aromatic rings. The van der Waals surface area contributed by atoms with E-state index in [0.29, 0.717) is 31.1 Å². The van der Waals surface area contributed by atoms with Gasteiger partial charge in [-0.05, 0) is 54.8 Å². The topological polar surface area (TPSA) is 44.8 Å². The number of hydrogen-bond donors (Lipinski definition) is 0. The molecule has 0 aliphatic rings. The Morgan fingerprint density at radius 3 is 1.83 bits per heavy atom. The molecule has 0 spiro atoms. The predicted octanol–water partition coefficient (Wildman–Crippen LogP) is 6.22. The molecule has 0 atom stereocenters. The molecule has 0 amide bonds. The minimum atomic E-state index is -0.274. The first-order valence-electron chi connectivity index (χ1n) is 10.8. The van der Waals surface area contributed by atoms with Crippen molar-refractivity contribution in [2.24, 2.45) is 0 Å². The molecular formula is C25H34O4. The molecule has 4 heteroatoms. The fraction of sp³-hybridized carbons (Fsp3) is 0.480. The highest BCUT2D eigenvalue weighted by molar-refractivity contribution is 5.89. The number of ether oxygens (including phenoxy) is 3. The summed E-state index contributed by atoms with van der Waals surface area (Å²) in [4.78, 5) is 12.1. The van der Waals surface area contributed by atoms with E-state index in [1.807, 2.05) is 12.1 Å². The molecule has 0 N–H and O–H groups in total. The summed E-state index contributed by atoms with van der Waals surface area (Å²) >= 11 is 0. The largest absolute Gasteiger partial charge is 0.490 e. The molecule has 29 heavy (non-hydrogen) atoms. The predicted molar refractivity (Wildman–Crippen MR) is 117 cm³/mol. The molecule has 0 unspecified atom stereocenters. The van der Waals surface area contributed by atoms with Crippen LogP contribution in [0.5, 0.6) is 11.5 Å². The third-order valence-electron chi connectivity index (χ3n) is 4.77. The monoisotopic (exact) mass is 398 g/mol. The van der Waals surface area contributed by atoms with E-state index in [0.717, 1.165) is 25.0 Å². The van der Waals surface area contributed by atoms with Gasteiger partial charge >= 0.3 is 5.97 Å². The van der Waals surface area contributed by atoms with Gasteiger partial charge in [0.2, 0.25) is 0 Å². The molecule has 0 radical (unpaired) electrons. The van der Waals surface area contributed by atoms with Crippen LogP contribution < -0.4 is 9.47 Å². The standard InChI is InChI=1S/C25H34O4/c1-3-5-6-7-8-9-18-29-25(26)22-12-16-24(17-13-22)28-20-19-27-23-14-10-21(4-2)11-15-23/h10-17H,3-9,18-20H2,1-2H3. The fourth-order valence-electron chi connectivity index (χ4n) is 2.96. The van der Waals surface area contributed by atoms with E-state index in [-0.39, 0.29) is 5.97 Å². The van der Waals surface area contributed by atoms with Crippen LogP contribution in [0.1, 0.15) is 68.3 Å². The Morgan fingerprint density at radius 1 is 0.690 bits per heavy atom. The van der Waals surface area contributed by atoms with Crippen molar-refractivity contribution in [1.29, 1.82) is 0 Å². The quantitative estimate of drug-likeness (QED) is 0.280. The van der Waals surface area contributed by atoms with E-state index < -0.39 is 0 Å². The van der Waals surface area contributed by atoms with Gasteiger partial charge in [0.1, 0.15) is 24.7 Å². The normalized spacial score (nSPS) is 10.6. The Hall–Kier alpha value is -2.49.